The molecular formula is C25H19Cl2N3O4. The van der Waals surface area contributed by atoms with Gasteiger partial charge in [-0.05, 0) is 67.1 Å². The first-order valence-corrected chi connectivity index (χ1v) is 10.9. The third kappa shape index (κ3) is 4.62. The molecule has 0 saturated heterocycles. The minimum absolute atomic E-state index is 0.0921. The van der Waals surface area contributed by atoms with Crippen molar-refractivity contribution in [2.75, 3.05) is 22.6 Å². The molecule has 34 heavy (non-hydrogen) atoms. The van der Waals surface area contributed by atoms with Crippen molar-refractivity contribution in [3.05, 3.63) is 93.6 Å². The minimum Gasteiger partial charge on any atom is -0.495 e. The van der Waals surface area contributed by atoms with Gasteiger partial charge in [0.1, 0.15) is 16.5 Å². The number of ether oxygens (including phenoxy) is 1. The van der Waals surface area contributed by atoms with E-state index in [1.54, 1.807) is 60.7 Å². The Kier molecular flexibility index (Phi) is 6.58. The molecule has 7 nitrogen and oxygen atoms in total. The molecule has 0 unspecified atom stereocenters. The molecule has 2 N–H and O–H groups in total. The van der Waals surface area contributed by atoms with E-state index in [0.29, 0.717) is 33.4 Å². The molecule has 4 rings (SSSR count). The fourth-order valence-corrected chi connectivity index (χ4v) is 3.76. The van der Waals surface area contributed by atoms with Crippen LogP contribution in [0.15, 0.2) is 77.5 Å². The highest BCUT2D eigenvalue weighted by Crippen LogP contribution is 2.36. The summed E-state index contributed by atoms with van der Waals surface area (Å²) in [5.41, 5.74) is 2.38. The lowest BCUT2D eigenvalue weighted by Crippen LogP contribution is -2.32. The number of amides is 3. The van der Waals surface area contributed by atoms with Crippen molar-refractivity contribution >= 4 is 58.0 Å². The largest absolute Gasteiger partial charge is 0.495 e. The molecule has 0 fully saturated rings. The summed E-state index contributed by atoms with van der Waals surface area (Å²) in [5, 5.41) is 5.96. The number of anilines is 3. The van der Waals surface area contributed by atoms with Crippen LogP contribution in [0, 0.1) is 6.92 Å². The molecule has 3 aromatic carbocycles. The molecule has 1 aliphatic rings. The highest BCUT2D eigenvalue weighted by molar-refractivity contribution is 6.53. The lowest BCUT2D eigenvalue weighted by atomic mass is 10.1. The summed E-state index contributed by atoms with van der Waals surface area (Å²) in [6.45, 7) is 1.84. The lowest BCUT2D eigenvalue weighted by molar-refractivity contribution is -0.120. The summed E-state index contributed by atoms with van der Waals surface area (Å²) in [5.74, 6) is -1.30. The van der Waals surface area contributed by atoms with Gasteiger partial charge in [0.05, 0.1) is 12.8 Å². The summed E-state index contributed by atoms with van der Waals surface area (Å²) in [6.07, 6.45) is 0. The van der Waals surface area contributed by atoms with Gasteiger partial charge in [-0.2, -0.15) is 0 Å². The second-order valence-electron chi connectivity index (χ2n) is 7.48. The van der Waals surface area contributed by atoms with Crippen molar-refractivity contribution in [3.63, 3.8) is 0 Å². The SMILES string of the molecule is COc1ccc(C)cc1N1C(=O)C(Cl)=C(Nc2cccc(C(=O)Nc3ccc(Cl)cc3)c2)C1=O. The van der Waals surface area contributed by atoms with Crippen LogP contribution in [0.4, 0.5) is 17.1 Å². The molecule has 0 bridgehead atoms. The highest BCUT2D eigenvalue weighted by Gasteiger charge is 2.40. The fraction of sp³-hybridized carbons (Fsp3) is 0.0800. The van der Waals surface area contributed by atoms with Crippen LogP contribution >= 0.6 is 23.2 Å². The van der Waals surface area contributed by atoms with E-state index in [-0.39, 0.29) is 16.6 Å². The van der Waals surface area contributed by atoms with Crippen LogP contribution in [0.1, 0.15) is 15.9 Å². The van der Waals surface area contributed by atoms with Gasteiger partial charge >= 0.3 is 0 Å². The van der Waals surface area contributed by atoms with Crippen LogP contribution in [-0.2, 0) is 9.59 Å². The molecule has 0 atom stereocenters. The highest BCUT2D eigenvalue weighted by atomic mass is 35.5. The Labute approximate surface area is 205 Å². The first-order valence-electron chi connectivity index (χ1n) is 10.2. The predicted molar refractivity (Wildman–Crippen MR) is 133 cm³/mol. The third-order valence-corrected chi connectivity index (χ3v) is 5.70. The summed E-state index contributed by atoms with van der Waals surface area (Å²) in [4.78, 5) is 39.6. The third-order valence-electron chi connectivity index (χ3n) is 5.10. The molecular weight excluding hydrogens is 477 g/mol. The van der Waals surface area contributed by atoms with E-state index in [1.165, 1.54) is 7.11 Å². The van der Waals surface area contributed by atoms with Gasteiger partial charge in [0.25, 0.3) is 17.7 Å². The van der Waals surface area contributed by atoms with E-state index >= 15 is 0 Å². The molecule has 172 valence electrons. The van der Waals surface area contributed by atoms with Gasteiger partial charge in [-0.3, -0.25) is 14.4 Å². The van der Waals surface area contributed by atoms with Gasteiger partial charge in [0.15, 0.2) is 0 Å². The van der Waals surface area contributed by atoms with Crippen molar-refractivity contribution in [2.45, 2.75) is 6.92 Å². The number of carbonyl (C=O) groups is 3. The lowest BCUT2D eigenvalue weighted by Gasteiger charge is -2.18. The average molecular weight is 496 g/mol. The van der Waals surface area contributed by atoms with Gasteiger partial charge in [-0.1, -0.05) is 35.3 Å². The van der Waals surface area contributed by atoms with Crippen LogP contribution in [-0.4, -0.2) is 24.8 Å². The number of benzene rings is 3. The predicted octanol–water partition coefficient (Wildman–Crippen LogP) is 5.35. The van der Waals surface area contributed by atoms with E-state index in [4.69, 9.17) is 27.9 Å². The van der Waals surface area contributed by atoms with Crippen LogP contribution in [0.2, 0.25) is 5.02 Å². The topological polar surface area (TPSA) is 87.7 Å². The standard InChI is InChI=1S/C25H19Cl2N3O4/c1-14-6-11-20(34-2)19(12-14)30-24(32)21(27)22(25(30)33)28-18-5-3-4-15(13-18)23(31)29-17-9-7-16(26)8-10-17/h3-13,28H,1-2H3,(H,29,31). The number of halogens is 2. The zero-order valence-corrected chi connectivity index (χ0v) is 19.7. The second kappa shape index (κ2) is 9.59. The number of nitrogens with zero attached hydrogens (tertiary/aromatic N) is 1. The van der Waals surface area contributed by atoms with Crippen molar-refractivity contribution in [2.24, 2.45) is 0 Å². The average Bonchev–Trinajstić information content (AvgIpc) is 3.03. The molecule has 0 aliphatic carbocycles. The molecule has 0 saturated carbocycles. The van der Waals surface area contributed by atoms with Crippen molar-refractivity contribution in [3.8, 4) is 5.75 Å². The maximum Gasteiger partial charge on any atom is 0.283 e. The first-order chi connectivity index (χ1) is 16.3. The van der Waals surface area contributed by atoms with E-state index in [1.807, 2.05) is 13.0 Å². The normalized spacial score (nSPS) is 13.4. The molecule has 9 heteroatoms. The Morgan fingerprint density at radius 2 is 1.65 bits per heavy atom. The molecule has 0 aromatic heterocycles. The van der Waals surface area contributed by atoms with Crippen LogP contribution < -0.4 is 20.3 Å². The molecule has 0 radical (unpaired) electrons. The van der Waals surface area contributed by atoms with E-state index in [2.05, 4.69) is 10.6 Å². The zero-order chi connectivity index (χ0) is 24.4. The fourth-order valence-electron chi connectivity index (χ4n) is 3.42. The number of nitrogens with one attached hydrogen (secondary N) is 2. The number of imide groups is 1. The maximum absolute atomic E-state index is 13.2. The van der Waals surface area contributed by atoms with Gasteiger partial charge in [-0.15, -0.1) is 0 Å². The van der Waals surface area contributed by atoms with Gasteiger partial charge in [0.2, 0.25) is 0 Å². The first kappa shape index (κ1) is 23.4. The summed E-state index contributed by atoms with van der Waals surface area (Å²) >= 11 is 12.1. The molecule has 3 amide bonds. The Hall–Kier alpha value is -3.81. The maximum atomic E-state index is 13.2. The number of carbonyl (C=O) groups excluding carboxylic acids is 3. The van der Waals surface area contributed by atoms with Gasteiger partial charge in [-0.25, -0.2) is 4.90 Å². The Balaban J connectivity index is 1.56. The van der Waals surface area contributed by atoms with E-state index < -0.39 is 11.8 Å². The minimum atomic E-state index is -0.672. The van der Waals surface area contributed by atoms with Crippen molar-refractivity contribution < 1.29 is 19.1 Å². The number of hydrogen-bond acceptors (Lipinski definition) is 5. The van der Waals surface area contributed by atoms with Crippen LogP contribution in [0.5, 0.6) is 5.75 Å². The van der Waals surface area contributed by atoms with Gasteiger partial charge < -0.3 is 15.4 Å². The quantitative estimate of drug-likeness (QED) is 0.450. The Morgan fingerprint density at radius 1 is 0.912 bits per heavy atom. The summed E-state index contributed by atoms with van der Waals surface area (Å²) in [7, 11) is 1.45. The van der Waals surface area contributed by atoms with E-state index in [9.17, 15) is 14.4 Å². The van der Waals surface area contributed by atoms with Gasteiger partial charge in [0, 0.05) is 22.0 Å². The van der Waals surface area contributed by atoms with Crippen LogP contribution in [0.25, 0.3) is 0 Å². The molecule has 3 aromatic rings. The van der Waals surface area contributed by atoms with E-state index in [0.717, 1.165) is 10.5 Å². The Morgan fingerprint density at radius 3 is 2.35 bits per heavy atom. The second-order valence-corrected chi connectivity index (χ2v) is 8.29. The Bertz CT molecular complexity index is 1340. The number of rotatable bonds is 6. The number of methoxy groups -OCH3 is 1. The number of hydrogen-bond donors (Lipinski definition) is 2. The smallest absolute Gasteiger partial charge is 0.283 e. The monoisotopic (exact) mass is 495 g/mol. The summed E-state index contributed by atoms with van der Waals surface area (Å²) in [6, 6.07) is 18.3. The molecule has 0 spiro atoms. The van der Waals surface area contributed by atoms with Crippen LogP contribution in [0.3, 0.4) is 0 Å². The van der Waals surface area contributed by atoms with Crippen molar-refractivity contribution in [1.29, 1.82) is 0 Å². The molecule has 1 heterocycles. The summed E-state index contributed by atoms with van der Waals surface area (Å²) < 4.78 is 5.32. The van der Waals surface area contributed by atoms with Crippen molar-refractivity contribution in [1.82, 2.24) is 0 Å². The molecule has 1 aliphatic heterocycles. The number of aryl methyl sites for hydroxylation is 1. The zero-order valence-electron chi connectivity index (χ0n) is 18.2.